The minimum absolute atomic E-state index is 0.00389. The Morgan fingerprint density at radius 3 is 2.54 bits per heavy atom. The Hall–Kier alpha value is -3.77. The Labute approximate surface area is 227 Å². The van der Waals surface area contributed by atoms with Crippen molar-refractivity contribution in [1.29, 1.82) is 0 Å². The van der Waals surface area contributed by atoms with Gasteiger partial charge in [0.2, 0.25) is 11.8 Å². The lowest BCUT2D eigenvalue weighted by Gasteiger charge is -2.34. The maximum atomic E-state index is 13.4. The molecule has 0 aliphatic heterocycles. The fourth-order valence-electron chi connectivity index (χ4n) is 5.15. The van der Waals surface area contributed by atoms with Gasteiger partial charge in [-0.3, -0.25) is 9.59 Å². The minimum Gasteiger partial charge on any atom is -0.481 e. The number of nitrogens with one attached hydrogen (secondary N) is 2. The molecule has 0 bridgehead atoms. The number of ether oxygens (including phenoxy) is 1. The molecule has 1 aliphatic rings. The molecule has 0 spiro atoms. The third-order valence-corrected chi connectivity index (χ3v) is 7.23. The summed E-state index contributed by atoms with van der Waals surface area (Å²) in [6.45, 7) is 4.96. The number of fused-ring (bicyclic) bond motifs is 1. The molecule has 4 rings (SSSR count). The van der Waals surface area contributed by atoms with Crippen LogP contribution in [0.15, 0.2) is 30.7 Å². The minimum atomic E-state index is -0.579. The molecule has 5 N–H and O–H groups in total. The molecular formula is C27H38N8O4. The van der Waals surface area contributed by atoms with Gasteiger partial charge in [-0.15, -0.1) is 0 Å². The van der Waals surface area contributed by atoms with E-state index in [0.29, 0.717) is 35.7 Å². The molecule has 0 atom stereocenters. The van der Waals surface area contributed by atoms with Gasteiger partial charge in [0, 0.05) is 43.0 Å². The Kier molecular flexibility index (Phi) is 8.66. The van der Waals surface area contributed by atoms with Crippen molar-refractivity contribution in [3.05, 3.63) is 36.3 Å². The number of carbonyl (C=O) groups is 2. The Bertz CT molecular complexity index is 1320. The van der Waals surface area contributed by atoms with Gasteiger partial charge in [-0.25, -0.2) is 14.5 Å². The first kappa shape index (κ1) is 28.2. The number of anilines is 1. The second kappa shape index (κ2) is 12.0. The van der Waals surface area contributed by atoms with E-state index in [1.165, 1.54) is 6.33 Å². The van der Waals surface area contributed by atoms with Gasteiger partial charge in [0.15, 0.2) is 5.82 Å². The van der Waals surface area contributed by atoms with E-state index in [2.05, 4.69) is 25.7 Å². The molecular weight excluding hydrogens is 500 g/mol. The first-order chi connectivity index (χ1) is 18.6. The number of aliphatic hydroxyl groups is 1. The lowest BCUT2D eigenvalue weighted by Crippen LogP contribution is -2.50. The molecule has 39 heavy (non-hydrogen) atoms. The number of methoxy groups -OCH3 is 1. The third kappa shape index (κ3) is 6.45. The van der Waals surface area contributed by atoms with Crippen LogP contribution >= 0.6 is 0 Å². The van der Waals surface area contributed by atoms with Crippen molar-refractivity contribution in [2.75, 3.05) is 39.6 Å². The van der Waals surface area contributed by atoms with Crippen molar-refractivity contribution >= 4 is 23.1 Å². The molecule has 1 saturated carbocycles. The molecule has 1 fully saturated rings. The number of pyridine rings is 1. The van der Waals surface area contributed by atoms with Gasteiger partial charge in [-0.2, -0.15) is 5.10 Å². The summed E-state index contributed by atoms with van der Waals surface area (Å²) in [5.74, 6) is 0.401. The van der Waals surface area contributed by atoms with Crippen LogP contribution in [0.25, 0.3) is 16.8 Å². The van der Waals surface area contributed by atoms with E-state index < -0.39 is 5.41 Å². The fourth-order valence-corrected chi connectivity index (χ4v) is 5.15. The van der Waals surface area contributed by atoms with E-state index in [1.54, 1.807) is 30.0 Å². The van der Waals surface area contributed by atoms with Crippen molar-refractivity contribution in [2.45, 2.75) is 51.6 Å². The molecule has 0 unspecified atom stereocenters. The molecule has 3 heterocycles. The Balaban J connectivity index is 1.41. The standard InChI is InChI=1S/C27H38N8O4/c1-27(2,15-34(3)11-12-36)26(38)33-19-7-5-18(6-8-19)32-25(37)20-14-21(17-9-10-29-22(13-17)39-4)35-23(20)24(28)30-16-31-35/h9-10,13-14,16,18-19,36H,5-8,11-12,15H2,1-4H3,(H,32,37)(H,33,38)(H2,28,30,31). The number of aromatic nitrogens is 4. The quantitative estimate of drug-likeness (QED) is 0.300. The maximum Gasteiger partial charge on any atom is 0.253 e. The van der Waals surface area contributed by atoms with Gasteiger partial charge in [-0.1, -0.05) is 0 Å². The second-order valence-corrected chi connectivity index (χ2v) is 10.8. The number of carbonyl (C=O) groups excluding carboxylic acids is 2. The number of hydrogen-bond acceptors (Lipinski definition) is 9. The molecule has 3 aromatic rings. The maximum absolute atomic E-state index is 13.4. The van der Waals surface area contributed by atoms with Gasteiger partial charge in [0.05, 0.1) is 30.4 Å². The van der Waals surface area contributed by atoms with Crippen LogP contribution in [-0.4, -0.2) is 87.3 Å². The van der Waals surface area contributed by atoms with Crippen LogP contribution in [0, 0.1) is 5.41 Å². The van der Waals surface area contributed by atoms with Crippen LogP contribution in [0.2, 0.25) is 0 Å². The number of hydrogen-bond donors (Lipinski definition) is 4. The first-order valence-corrected chi connectivity index (χ1v) is 13.2. The van der Waals surface area contributed by atoms with Gasteiger partial charge >= 0.3 is 0 Å². The van der Waals surface area contributed by atoms with Gasteiger partial charge < -0.3 is 31.1 Å². The van der Waals surface area contributed by atoms with E-state index in [-0.39, 0.29) is 36.3 Å². The predicted molar refractivity (Wildman–Crippen MR) is 147 cm³/mol. The summed E-state index contributed by atoms with van der Waals surface area (Å²) < 4.78 is 6.86. The summed E-state index contributed by atoms with van der Waals surface area (Å²) in [6, 6.07) is 5.36. The zero-order chi connectivity index (χ0) is 28.2. The topological polar surface area (TPSA) is 160 Å². The van der Waals surface area contributed by atoms with E-state index >= 15 is 0 Å². The average Bonchev–Trinajstić information content (AvgIpc) is 3.31. The number of nitrogens with two attached hydrogens (primary N) is 1. The second-order valence-electron chi connectivity index (χ2n) is 10.8. The number of likely N-dealkylation sites (N-methyl/N-ethyl adjacent to an activating group) is 1. The van der Waals surface area contributed by atoms with Gasteiger partial charge in [0.25, 0.3) is 5.91 Å². The molecule has 2 amide bonds. The van der Waals surface area contributed by atoms with Crippen LogP contribution in [-0.2, 0) is 4.79 Å². The lowest BCUT2D eigenvalue weighted by atomic mass is 9.87. The van der Waals surface area contributed by atoms with Crippen molar-refractivity contribution in [3.63, 3.8) is 0 Å². The highest BCUT2D eigenvalue weighted by atomic mass is 16.5. The molecule has 0 saturated heterocycles. The van der Waals surface area contributed by atoms with Crippen molar-refractivity contribution < 1.29 is 19.4 Å². The van der Waals surface area contributed by atoms with Gasteiger partial charge in [0.1, 0.15) is 11.8 Å². The third-order valence-electron chi connectivity index (χ3n) is 7.23. The monoisotopic (exact) mass is 538 g/mol. The summed E-state index contributed by atoms with van der Waals surface area (Å²) >= 11 is 0. The summed E-state index contributed by atoms with van der Waals surface area (Å²) in [5, 5.41) is 19.8. The van der Waals surface area contributed by atoms with Crippen molar-refractivity contribution in [1.82, 2.24) is 35.1 Å². The highest BCUT2D eigenvalue weighted by Gasteiger charge is 2.32. The highest BCUT2D eigenvalue weighted by molar-refractivity contribution is 6.05. The Morgan fingerprint density at radius 2 is 1.87 bits per heavy atom. The Morgan fingerprint density at radius 1 is 1.18 bits per heavy atom. The van der Waals surface area contributed by atoms with Crippen molar-refractivity contribution in [2.24, 2.45) is 5.41 Å². The van der Waals surface area contributed by atoms with Crippen LogP contribution in [0.1, 0.15) is 49.9 Å². The zero-order valence-electron chi connectivity index (χ0n) is 23.0. The SMILES string of the molecule is COc1cc(-c2cc(C(=O)NC3CCC(NC(=O)C(C)(C)CN(C)CCO)CC3)c3c(N)ncnn23)ccn1. The van der Waals surface area contributed by atoms with Crippen molar-refractivity contribution in [3.8, 4) is 17.1 Å². The molecule has 0 radical (unpaired) electrons. The number of rotatable bonds is 10. The lowest BCUT2D eigenvalue weighted by molar-refractivity contribution is -0.131. The molecule has 0 aromatic carbocycles. The molecule has 210 valence electrons. The molecule has 12 nitrogen and oxygen atoms in total. The molecule has 12 heteroatoms. The zero-order valence-corrected chi connectivity index (χ0v) is 23.0. The normalized spacial score (nSPS) is 17.8. The summed E-state index contributed by atoms with van der Waals surface area (Å²) in [7, 11) is 3.44. The van der Waals surface area contributed by atoms with Crippen LogP contribution < -0.4 is 21.1 Å². The summed E-state index contributed by atoms with van der Waals surface area (Å²) in [4.78, 5) is 36.6. The van der Waals surface area contributed by atoms with Crippen LogP contribution in [0.4, 0.5) is 5.82 Å². The largest absolute Gasteiger partial charge is 0.481 e. The van der Waals surface area contributed by atoms with Crippen LogP contribution in [0.3, 0.4) is 0 Å². The first-order valence-electron chi connectivity index (χ1n) is 13.2. The number of nitrogens with zero attached hydrogens (tertiary/aromatic N) is 5. The summed E-state index contributed by atoms with van der Waals surface area (Å²) in [6.07, 6.45) is 6.00. The average molecular weight is 539 g/mol. The smallest absolute Gasteiger partial charge is 0.253 e. The van der Waals surface area contributed by atoms with E-state index in [9.17, 15) is 9.59 Å². The molecule has 3 aromatic heterocycles. The van der Waals surface area contributed by atoms with E-state index in [1.807, 2.05) is 31.9 Å². The van der Waals surface area contributed by atoms with Gasteiger partial charge in [-0.05, 0) is 58.7 Å². The number of aliphatic hydroxyl groups excluding tert-OH is 1. The highest BCUT2D eigenvalue weighted by Crippen LogP contribution is 2.30. The van der Waals surface area contributed by atoms with E-state index in [0.717, 1.165) is 31.2 Å². The number of nitrogen functional groups attached to an aromatic ring is 1. The number of amides is 2. The predicted octanol–water partition coefficient (Wildman–Crippen LogP) is 1.49. The van der Waals surface area contributed by atoms with E-state index in [4.69, 9.17) is 15.6 Å². The summed E-state index contributed by atoms with van der Waals surface area (Å²) in [5.41, 5.74) is 7.87. The van der Waals surface area contributed by atoms with Crippen LogP contribution in [0.5, 0.6) is 5.88 Å². The fraction of sp³-hybridized carbons (Fsp3) is 0.519. The molecule has 1 aliphatic carbocycles.